The number of fused-ring (bicyclic) bond motifs is 3. The molecule has 3 unspecified atom stereocenters. The van der Waals surface area contributed by atoms with Crippen molar-refractivity contribution in [3.05, 3.63) is 23.8 Å². The number of carbonyl (C=O) groups excluding carboxylic acids is 2. The Kier molecular flexibility index (Phi) is 2.65. The highest BCUT2D eigenvalue weighted by atomic mass is 33.1. The van der Waals surface area contributed by atoms with Gasteiger partial charge in [-0.05, 0) is 16.4 Å². The summed E-state index contributed by atoms with van der Waals surface area (Å²) in [6.07, 6.45) is 4.87. The molecular formula is C13H14N2O4S2. The van der Waals surface area contributed by atoms with Gasteiger partial charge in [0, 0.05) is 13.5 Å². The number of rotatable bonds is 1. The van der Waals surface area contributed by atoms with Crippen LogP contribution < -0.4 is 0 Å². The molecule has 2 N–H and O–H groups in total. The van der Waals surface area contributed by atoms with Gasteiger partial charge in [-0.3, -0.25) is 9.59 Å². The van der Waals surface area contributed by atoms with Crippen molar-refractivity contribution in [2.24, 2.45) is 0 Å². The molecule has 0 aromatic rings. The number of carbonyl (C=O) groups is 2. The molecule has 112 valence electrons. The average Bonchev–Trinajstić information content (AvgIpc) is 2.83. The lowest BCUT2D eigenvalue weighted by molar-refractivity contribution is -0.168. The van der Waals surface area contributed by atoms with E-state index in [1.165, 1.54) is 31.4 Å². The van der Waals surface area contributed by atoms with Crippen LogP contribution in [0.1, 0.15) is 6.42 Å². The quantitative estimate of drug-likeness (QED) is 0.644. The third-order valence-electron chi connectivity index (χ3n) is 4.70. The van der Waals surface area contributed by atoms with Gasteiger partial charge in [0.1, 0.15) is 0 Å². The third kappa shape index (κ3) is 1.35. The van der Waals surface area contributed by atoms with Crippen LogP contribution in [0.15, 0.2) is 23.8 Å². The highest BCUT2D eigenvalue weighted by molar-refractivity contribution is 8.78. The first-order valence-electron chi connectivity index (χ1n) is 6.63. The lowest BCUT2D eigenvalue weighted by Crippen LogP contribution is -2.77. The fourth-order valence-electron chi connectivity index (χ4n) is 3.55. The highest BCUT2D eigenvalue weighted by Gasteiger charge is 2.73. The summed E-state index contributed by atoms with van der Waals surface area (Å²) < 4.78 is 0. The van der Waals surface area contributed by atoms with Crippen LogP contribution in [0.5, 0.6) is 0 Å². The molecule has 1 spiro atoms. The Hall–Kier alpha value is -0.960. The molecule has 4 fully saturated rings. The molecule has 6 nitrogen and oxygen atoms in total. The van der Waals surface area contributed by atoms with Crippen molar-refractivity contribution in [1.82, 2.24) is 9.80 Å². The number of nitrogens with zero attached hydrogens (tertiary/aromatic N) is 2. The second kappa shape index (κ2) is 4.07. The van der Waals surface area contributed by atoms with Crippen molar-refractivity contribution in [2.75, 3.05) is 13.7 Å². The topological polar surface area (TPSA) is 81.1 Å². The fraction of sp³-hybridized carbons (Fsp3) is 0.538. The van der Waals surface area contributed by atoms with Crippen molar-refractivity contribution in [3.63, 3.8) is 0 Å². The molecule has 0 aromatic heterocycles. The van der Waals surface area contributed by atoms with E-state index in [1.807, 2.05) is 6.08 Å². The van der Waals surface area contributed by atoms with Gasteiger partial charge in [-0.25, -0.2) is 0 Å². The minimum absolute atomic E-state index is 0.178. The van der Waals surface area contributed by atoms with Crippen molar-refractivity contribution < 1.29 is 19.8 Å². The van der Waals surface area contributed by atoms with Gasteiger partial charge < -0.3 is 20.0 Å². The molecule has 0 aromatic carbocycles. The Bertz CT molecular complexity index is 621. The number of amides is 2. The number of allylic oxidation sites excluding steroid dienone is 2. The van der Waals surface area contributed by atoms with Crippen molar-refractivity contribution in [3.8, 4) is 0 Å². The maximum absolute atomic E-state index is 12.9. The van der Waals surface area contributed by atoms with Crippen LogP contribution in [0.4, 0.5) is 0 Å². The van der Waals surface area contributed by atoms with Crippen LogP contribution in [0.25, 0.3) is 0 Å². The van der Waals surface area contributed by atoms with Crippen LogP contribution in [0, 0.1) is 0 Å². The number of hydrogen-bond acceptors (Lipinski definition) is 6. The van der Waals surface area contributed by atoms with Gasteiger partial charge in [0.15, 0.2) is 4.87 Å². The zero-order chi connectivity index (χ0) is 15.0. The SMILES string of the molecule is CN1C(=O)C23CC4=CC=C[C@H](O)C4N2C(=O)C1(CO)SS3. The molecule has 5 aliphatic rings. The number of likely N-dealkylation sites (N-methyl/N-ethyl adjacent to an activating group) is 1. The summed E-state index contributed by atoms with van der Waals surface area (Å²) >= 11 is 0. The minimum Gasteiger partial charge on any atom is -0.392 e. The minimum atomic E-state index is -1.28. The number of aliphatic hydroxyl groups excluding tert-OH is 2. The lowest BCUT2D eigenvalue weighted by atomic mass is 9.97. The lowest BCUT2D eigenvalue weighted by Gasteiger charge is -2.58. The summed E-state index contributed by atoms with van der Waals surface area (Å²) in [7, 11) is 4.14. The molecule has 21 heavy (non-hydrogen) atoms. The molecule has 4 atom stereocenters. The fourth-order valence-corrected chi connectivity index (χ4v) is 7.12. The number of piperazine rings is 1. The molecule has 0 saturated carbocycles. The number of hydrogen-bond donors (Lipinski definition) is 2. The van der Waals surface area contributed by atoms with Gasteiger partial charge in [0.25, 0.3) is 11.8 Å². The van der Waals surface area contributed by atoms with E-state index in [0.717, 1.165) is 5.57 Å². The van der Waals surface area contributed by atoms with E-state index in [1.54, 1.807) is 19.2 Å². The number of aliphatic hydroxyl groups is 2. The second-order valence-corrected chi connectivity index (χ2v) is 8.36. The van der Waals surface area contributed by atoms with E-state index in [2.05, 4.69) is 0 Å². The van der Waals surface area contributed by atoms with Crippen LogP contribution in [-0.4, -0.2) is 67.4 Å². The van der Waals surface area contributed by atoms with Gasteiger partial charge in [-0.2, -0.15) is 0 Å². The summed E-state index contributed by atoms with van der Waals surface area (Å²) in [5, 5.41) is 20.0. The van der Waals surface area contributed by atoms with Crippen molar-refractivity contribution in [1.29, 1.82) is 0 Å². The maximum Gasteiger partial charge on any atom is 0.264 e. The monoisotopic (exact) mass is 326 g/mol. The molecule has 5 rings (SSSR count). The first kappa shape index (κ1) is 13.7. The maximum atomic E-state index is 12.9. The van der Waals surface area contributed by atoms with E-state index in [4.69, 9.17) is 0 Å². The van der Waals surface area contributed by atoms with E-state index in [-0.39, 0.29) is 11.8 Å². The molecule has 2 amide bonds. The average molecular weight is 326 g/mol. The molecule has 0 radical (unpaired) electrons. The largest absolute Gasteiger partial charge is 0.392 e. The second-order valence-electron chi connectivity index (χ2n) is 5.67. The zero-order valence-electron chi connectivity index (χ0n) is 11.2. The Labute approximate surface area is 129 Å². The summed E-state index contributed by atoms with van der Waals surface area (Å²) in [5.41, 5.74) is 0.892. The van der Waals surface area contributed by atoms with E-state index >= 15 is 0 Å². The van der Waals surface area contributed by atoms with Crippen LogP contribution in [0.2, 0.25) is 0 Å². The van der Waals surface area contributed by atoms with Gasteiger partial charge in [-0.1, -0.05) is 29.0 Å². The zero-order valence-corrected chi connectivity index (χ0v) is 12.9. The molecule has 8 heteroatoms. The van der Waals surface area contributed by atoms with Crippen LogP contribution in [0.3, 0.4) is 0 Å². The smallest absolute Gasteiger partial charge is 0.264 e. The molecule has 2 bridgehead atoms. The predicted molar refractivity (Wildman–Crippen MR) is 79.0 cm³/mol. The summed E-state index contributed by atoms with van der Waals surface area (Å²) in [5.74, 6) is -0.471. The molecule has 4 heterocycles. The molecule has 4 aliphatic heterocycles. The van der Waals surface area contributed by atoms with E-state index < -0.39 is 28.5 Å². The van der Waals surface area contributed by atoms with Crippen LogP contribution >= 0.6 is 21.6 Å². The van der Waals surface area contributed by atoms with Crippen molar-refractivity contribution in [2.45, 2.75) is 28.3 Å². The predicted octanol–water partition coefficient (Wildman–Crippen LogP) is -0.304. The van der Waals surface area contributed by atoms with Gasteiger partial charge in [-0.15, -0.1) is 0 Å². The standard InChI is InChI=1S/C13H14N2O4S2/c1-14-10(18)12-5-7-3-2-4-8(17)9(7)15(12)11(19)13(14,6-16)21-20-12/h2-4,8-9,16-17H,5-6H2,1H3/t8-,9?,12?,13?/m0/s1. The Morgan fingerprint density at radius 3 is 2.86 bits per heavy atom. The van der Waals surface area contributed by atoms with Gasteiger partial charge in [0.2, 0.25) is 4.87 Å². The van der Waals surface area contributed by atoms with Crippen LogP contribution in [-0.2, 0) is 9.59 Å². The summed E-state index contributed by atoms with van der Waals surface area (Å²) in [6.45, 7) is -0.435. The normalized spacial score (nSPS) is 44.0. The van der Waals surface area contributed by atoms with Gasteiger partial charge >= 0.3 is 0 Å². The summed E-state index contributed by atoms with van der Waals surface area (Å²) in [4.78, 5) is 26.4. The first-order chi connectivity index (χ1) is 9.98. The first-order valence-corrected chi connectivity index (χ1v) is 8.78. The third-order valence-corrected chi connectivity index (χ3v) is 8.33. The van der Waals surface area contributed by atoms with E-state index in [0.29, 0.717) is 6.42 Å². The van der Waals surface area contributed by atoms with Gasteiger partial charge in [0.05, 0.1) is 18.8 Å². The summed E-state index contributed by atoms with van der Waals surface area (Å²) in [6, 6.07) is -0.500. The molecular weight excluding hydrogens is 312 g/mol. The molecule has 4 saturated heterocycles. The van der Waals surface area contributed by atoms with Crippen molar-refractivity contribution >= 4 is 33.4 Å². The molecule has 1 aliphatic carbocycles. The van der Waals surface area contributed by atoms with E-state index in [9.17, 15) is 19.8 Å². The Balaban J connectivity index is 1.90. The Morgan fingerprint density at radius 1 is 1.38 bits per heavy atom. The Morgan fingerprint density at radius 2 is 2.14 bits per heavy atom. The highest BCUT2D eigenvalue weighted by Crippen LogP contribution is 2.64.